The summed E-state index contributed by atoms with van der Waals surface area (Å²) in [4.78, 5) is 28.3. The van der Waals surface area contributed by atoms with Gasteiger partial charge in [-0.25, -0.2) is 0 Å². The Balaban J connectivity index is 2.81. The molecular formula is C18H31N3O2. The van der Waals surface area contributed by atoms with Gasteiger partial charge in [0.15, 0.2) is 0 Å². The second-order valence-corrected chi connectivity index (χ2v) is 6.25. The van der Waals surface area contributed by atoms with Crippen molar-refractivity contribution in [3.05, 3.63) is 24.0 Å². The predicted octanol–water partition coefficient (Wildman–Crippen LogP) is 2.80. The molecule has 0 atom stereocenters. The highest BCUT2D eigenvalue weighted by Gasteiger charge is 2.22. The monoisotopic (exact) mass is 321 g/mol. The first kappa shape index (κ1) is 19.3. The number of hydrogen-bond acceptors (Lipinski definition) is 2. The third-order valence-electron chi connectivity index (χ3n) is 4.09. The molecule has 0 saturated carbocycles. The number of aromatic nitrogens is 1. The highest BCUT2D eigenvalue weighted by Crippen LogP contribution is 2.09. The third kappa shape index (κ3) is 5.73. The van der Waals surface area contributed by atoms with Crippen LogP contribution in [0.4, 0.5) is 0 Å². The average Bonchev–Trinajstić information content (AvgIpc) is 2.92. The van der Waals surface area contributed by atoms with E-state index in [0.717, 1.165) is 25.1 Å². The van der Waals surface area contributed by atoms with Gasteiger partial charge in [-0.15, -0.1) is 0 Å². The maximum absolute atomic E-state index is 12.7. The van der Waals surface area contributed by atoms with Gasteiger partial charge in [0.2, 0.25) is 11.8 Å². The number of carbonyl (C=O) groups excluding carboxylic acids is 2. The van der Waals surface area contributed by atoms with Gasteiger partial charge in [-0.3, -0.25) is 9.59 Å². The first-order chi connectivity index (χ1) is 10.9. The third-order valence-corrected chi connectivity index (χ3v) is 4.09. The Morgan fingerprint density at radius 2 is 1.91 bits per heavy atom. The maximum Gasteiger partial charge on any atom is 0.242 e. The van der Waals surface area contributed by atoms with E-state index in [0.29, 0.717) is 13.0 Å². The molecule has 0 bridgehead atoms. The summed E-state index contributed by atoms with van der Waals surface area (Å²) in [6.45, 7) is 9.34. The molecule has 5 nitrogen and oxygen atoms in total. The molecule has 0 aromatic carbocycles. The summed E-state index contributed by atoms with van der Waals surface area (Å²) in [5.74, 6) is 0.0535. The van der Waals surface area contributed by atoms with Crippen molar-refractivity contribution in [3.8, 4) is 0 Å². The number of unbranched alkanes of at least 4 members (excludes halogenated alkanes) is 1. The molecular weight excluding hydrogens is 290 g/mol. The number of aryl methyl sites for hydroxylation is 1. The molecule has 5 heteroatoms. The van der Waals surface area contributed by atoms with Gasteiger partial charge in [0.1, 0.15) is 0 Å². The Morgan fingerprint density at radius 1 is 1.22 bits per heavy atom. The van der Waals surface area contributed by atoms with Crippen LogP contribution in [0.2, 0.25) is 0 Å². The molecule has 1 aromatic rings. The number of rotatable bonds is 9. The van der Waals surface area contributed by atoms with Crippen molar-refractivity contribution < 1.29 is 9.59 Å². The molecule has 0 aliphatic carbocycles. The molecule has 0 radical (unpaired) electrons. The van der Waals surface area contributed by atoms with Crippen LogP contribution in [0.15, 0.2) is 18.3 Å². The smallest absolute Gasteiger partial charge is 0.242 e. The van der Waals surface area contributed by atoms with Crippen LogP contribution in [0, 0.1) is 0 Å². The summed E-state index contributed by atoms with van der Waals surface area (Å²) in [5.41, 5.74) is 1.10. The largest absolute Gasteiger partial charge is 0.353 e. The van der Waals surface area contributed by atoms with Crippen LogP contribution in [0.5, 0.6) is 0 Å². The van der Waals surface area contributed by atoms with E-state index in [1.54, 1.807) is 4.90 Å². The van der Waals surface area contributed by atoms with E-state index in [9.17, 15) is 9.59 Å². The van der Waals surface area contributed by atoms with Crippen molar-refractivity contribution in [2.75, 3.05) is 13.1 Å². The fourth-order valence-electron chi connectivity index (χ4n) is 2.50. The van der Waals surface area contributed by atoms with Crippen LogP contribution in [-0.2, 0) is 23.2 Å². The van der Waals surface area contributed by atoms with Crippen LogP contribution in [0.3, 0.4) is 0 Å². The van der Waals surface area contributed by atoms with Crippen molar-refractivity contribution in [3.63, 3.8) is 0 Å². The minimum absolute atomic E-state index is 0.0233. The molecule has 23 heavy (non-hydrogen) atoms. The summed E-state index contributed by atoms with van der Waals surface area (Å²) in [7, 11) is 1.98. The van der Waals surface area contributed by atoms with E-state index in [4.69, 9.17) is 0 Å². The van der Waals surface area contributed by atoms with Gasteiger partial charge >= 0.3 is 0 Å². The lowest BCUT2D eigenvalue weighted by Gasteiger charge is -2.30. The van der Waals surface area contributed by atoms with E-state index in [1.807, 2.05) is 55.6 Å². The van der Waals surface area contributed by atoms with Crippen molar-refractivity contribution in [1.82, 2.24) is 14.4 Å². The molecule has 1 heterocycles. The molecule has 0 unspecified atom stereocenters. The predicted molar refractivity (Wildman–Crippen MR) is 92.9 cm³/mol. The van der Waals surface area contributed by atoms with Gasteiger partial charge in [-0.05, 0) is 32.4 Å². The second kappa shape index (κ2) is 9.38. The van der Waals surface area contributed by atoms with Crippen LogP contribution < -0.4 is 0 Å². The van der Waals surface area contributed by atoms with Gasteiger partial charge in [0.25, 0.3) is 0 Å². The van der Waals surface area contributed by atoms with E-state index in [-0.39, 0.29) is 24.4 Å². The lowest BCUT2D eigenvalue weighted by atomic mass is 10.2. The van der Waals surface area contributed by atoms with E-state index >= 15 is 0 Å². The van der Waals surface area contributed by atoms with Crippen LogP contribution >= 0.6 is 0 Å². The molecule has 0 aliphatic heterocycles. The SMILES string of the molecule is CCCCN(Cc1cccn1C)C(=O)CN(C(=O)CC)C(C)C. The zero-order chi connectivity index (χ0) is 17.4. The molecule has 0 aliphatic rings. The Labute approximate surface area is 140 Å². The number of nitrogens with zero attached hydrogens (tertiary/aromatic N) is 3. The molecule has 0 spiro atoms. The molecule has 1 rings (SSSR count). The summed E-state index contributed by atoms with van der Waals surface area (Å²) < 4.78 is 2.03. The minimum Gasteiger partial charge on any atom is -0.353 e. The van der Waals surface area contributed by atoms with E-state index < -0.39 is 0 Å². The van der Waals surface area contributed by atoms with Crippen molar-refractivity contribution in [2.45, 2.75) is 59.5 Å². The quantitative estimate of drug-likeness (QED) is 0.702. The first-order valence-electron chi connectivity index (χ1n) is 8.58. The Hall–Kier alpha value is -1.78. The number of amides is 2. The van der Waals surface area contributed by atoms with Crippen molar-refractivity contribution in [1.29, 1.82) is 0 Å². The fourth-order valence-corrected chi connectivity index (χ4v) is 2.50. The van der Waals surface area contributed by atoms with Gasteiger partial charge in [-0.2, -0.15) is 0 Å². The van der Waals surface area contributed by atoms with Gasteiger partial charge in [-0.1, -0.05) is 20.3 Å². The number of hydrogen-bond donors (Lipinski definition) is 0. The Kier molecular flexibility index (Phi) is 7.86. The van der Waals surface area contributed by atoms with Crippen LogP contribution in [0.25, 0.3) is 0 Å². The molecule has 0 fully saturated rings. The highest BCUT2D eigenvalue weighted by molar-refractivity contribution is 5.84. The molecule has 2 amide bonds. The minimum atomic E-state index is 0.0233. The van der Waals surface area contributed by atoms with Crippen LogP contribution in [-0.4, -0.2) is 45.3 Å². The first-order valence-corrected chi connectivity index (χ1v) is 8.58. The maximum atomic E-state index is 12.7. The van der Waals surface area contributed by atoms with E-state index in [1.165, 1.54) is 0 Å². The summed E-state index contributed by atoms with van der Waals surface area (Å²) in [5, 5.41) is 0. The standard InChI is InChI=1S/C18H31N3O2/c1-6-8-12-20(13-16-10-9-11-19(16)5)18(23)14-21(15(3)4)17(22)7-2/h9-11,15H,6-8,12-14H2,1-5H3. The zero-order valence-corrected chi connectivity index (χ0v) is 15.2. The highest BCUT2D eigenvalue weighted by atomic mass is 16.2. The summed E-state index contributed by atoms with van der Waals surface area (Å²) >= 11 is 0. The van der Waals surface area contributed by atoms with Crippen molar-refractivity contribution in [2.24, 2.45) is 7.05 Å². The second-order valence-electron chi connectivity index (χ2n) is 6.25. The number of carbonyl (C=O) groups is 2. The average molecular weight is 321 g/mol. The topological polar surface area (TPSA) is 45.6 Å². The van der Waals surface area contributed by atoms with E-state index in [2.05, 4.69) is 6.92 Å². The Morgan fingerprint density at radius 3 is 2.39 bits per heavy atom. The molecule has 0 N–H and O–H groups in total. The van der Waals surface area contributed by atoms with Gasteiger partial charge in [0.05, 0.1) is 13.1 Å². The van der Waals surface area contributed by atoms with Crippen LogP contribution in [0.1, 0.15) is 52.7 Å². The summed E-state index contributed by atoms with van der Waals surface area (Å²) in [6, 6.07) is 4.05. The Bertz CT molecular complexity index is 508. The molecule has 130 valence electrons. The molecule has 0 saturated heterocycles. The normalized spacial score (nSPS) is 10.9. The lowest BCUT2D eigenvalue weighted by Crippen LogP contribution is -2.45. The van der Waals surface area contributed by atoms with Gasteiger partial charge in [0, 0.05) is 37.9 Å². The zero-order valence-electron chi connectivity index (χ0n) is 15.2. The lowest BCUT2D eigenvalue weighted by molar-refractivity contribution is -0.142. The fraction of sp³-hybridized carbons (Fsp3) is 0.667. The molecule has 1 aromatic heterocycles. The van der Waals surface area contributed by atoms with Crippen molar-refractivity contribution >= 4 is 11.8 Å². The van der Waals surface area contributed by atoms with Gasteiger partial charge < -0.3 is 14.4 Å². The summed E-state index contributed by atoms with van der Waals surface area (Å²) in [6.07, 6.45) is 4.43.